The highest BCUT2D eigenvalue weighted by atomic mass is 16.1. The molecular formula is C8H10N2O. The number of aromatic amines is 1. The molecule has 1 saturated carbocycles. The average Bonchev–Trinajstić information content (AvgIpc) is 1.83. The van der Waals surface area contributed by atoms with Gasteiger partial charge in [0.1, 0.15) is 0 Å². The van der Waals surface area contributed by atoms with Crippen LogP contribution in [-0.2, 0) is 0 Å². The molecule has 0 unspecified atom stereocenters. The molecule has 1 N–H and O–H groups in total. The minimum Gasteiger partial charge on any atom is -0.268 e. The predicted molar refractivity (Wildman–Crippen MR) is 41.4 cm³/mol. The van der Waals surface area contributed by atoms with E-state index in [1.807, 2.05) is 0 Å². The molecule has 1 aromatic rings. The Hall–Kier alpha value is -1.12. The monoisotopic (exact) mass is 150 g/mol. The van der Waals surface area contributed by atoms with Gasteiger partial charge in [0, 0.05) is 6.07 Å². The van der Waals surface area contributed by atoms with Crippen LogP contribution in [0.5, 0.6) is 0 Å². The van der Waals surface area contributed by atoms with E-state index in [1.54, 1.807) is 12.3 Å². The zero-order valence-electron chi connectivity index (χ0n) is 6.21. The van der Waals surface area contributed by atoms with Gasteiger partial charge in [-0.2, -0.15) is 5.10 Å². The topological polar surface area (TPSA) is 45.8 Å². The molecule has 0 aliphatic heterocycles. The number of nitrogens with one attached hydrogen (secondary N) is 1. The molecule has 1 aromatic heterocycles. The smallest absolute Gasteiger partial charge is 0.264 e. The van der Waals surface area contributed by atoms with Gasteiger partial charge < -0.3 is 0 Å². The first-order valence-electron chi connectivity index (χ1n) is 3.91. The van der Waals surface area contributed by atoms with Gasteiger partial charge in [0.15, 0.2) is 0 Å². The third-order valence-corrected chi connectivity index (χ3v) is 2.26. The van der Waals surface area contributed by atoms with Crippen LogP contribution in [0.15, 0.2) is 17.1 Å². The molecule has 11 heavy (non-hydrogen) atoms. The zero-order chi connectivity index (χ0) is 7.68. The molecule has 3 heteroatoms. The molecule has 0 radical (unpaired) electrons. The highest BCUT2D eigenvalue weighted by Crippen LogP contribution is 2.34. The van der Waals surface area contributed by atoms with Gasteiger partial charge in [0.05, 0.1) is 6.20 Å². The molecule has 1 heterocycles. The lowest BCUT2D eigenvalue weighted by molar-refractivity contribution is 0.418. The van der Waals surface area contributed by atoms with E-state index in [2.05, 4.69) is 10.2 Å². The van der Waals surface area contributed by atoms with Crippen molar-refractivity contribution in [1.82, 2.24) is 10.2 Å². The zero-order valence-corrected chi connectivity index (χ0v) is 6.21. The van der Waals surface area contributed by atoms with Crippen molar-refractivity contribution in [2.45, 2.75) is 25.2 Å². The van der Waals surface area contributed by atoms with Crippen LogP contribution in [0, 0.1) is 0 Å². The third-order valence-electron chi connectivity index (χ3n) is 2.26. The van der Waals surface area contributed by atoms with Gasteiger partial charge in [0.25, 0.3) is 5.56 Å². The fourth-order valence-corrected chi connectivity index (χ4v) is 1.36. The maximum absolute atomic E-state index is 10.8. The summed E-state index contributed by atoms with van der Waals surface area (Å²) in [6.45, 7) is 0. The molecule has 58 valence electrons. The summed E-state index contributed by atoms with van der Waals surface area (Å²) in [7, 11) is 0. The van der Waals surface area contributed by atoms with E-state index in [-0.39, 0.29) is 5.56 Å². The summed E-state index contributed by atoms with van der Waals surface area (Å²) in [6.07, 6.45) is 5.47. The van der Waals surface area contributed by atoms with Crippen molar-refractivity contribution >= 4 is 0 Å². The molecular weight excluding hydrogens is 140 g/mol. The van der Waals surface area contributed by atoms with Crippen LogP contribution in [0.3, 0.4) is 0 Å². The van der Waals surface area contributed by atoms with E-state index < -0.39 is 0 Å². The Morgan fingerprint density at radius 3 is 2.91 bits per heavy atom. The molecule has 1 aliphatic carbocycles. The van der Waals surface area contributed by atoms with Gasteiger partial charge in [-0.3, -0.25) is 4.79 Å². The van der Waals surface area contributed by atoms with E-state index in [4.69, 9.17) is 0 Å². The molecule has 1 aliphatic rings. The van der Waals surface area contributed by atoms with Crippen LogP contribution >= 0.6 is 0 Å². The Morgan fingerprint density at radius 1 is 1.55 bits per heavy atom. The van der Waals surface area contributed by atoms with Crippen LogP contribution in [0.25, 0.3) is 0 Å². The highest BCUT2D eigenvalue weighted by molar-refractivity contribution is 5.14. The standard InChI is InChI=1S/C8H10N2O/c11-8-4-7(5-9-10-8)6-2-1-3-6/h4-6H,1-3H2,(H,10,11). The summed E-state index contributed by atoms with van der Waals surface area (Å²) in [5.74, 6) is 0.602. The van der Waals surface area contributed by atoms with Crippen molar-refractivity contribution in [2.75, 3.05) is 0 Å². The summed E-state index contributed by atoms with van der Waals surface area (Å²) < 4.78 is 0. The molecule has 0 spiro atoms. The number of H-pyrrole nitrogens is 1. The quantitative estimate of drug-likeness (QED) is 0.650. The summed E-state index contributed by atoms with van der Waals surface area (Å²) in [4.78, 5) is 10.8. The van der Waals surface area contributed by atoms with E-state index in [9.17, 15) is 4.79 Å². The molecule has 0 amide bonds. The van der Waals surface area contributed by atoms with Crippen molar-refractivity contribution in [3.8, 4) is 0 Å². The first-order chi connectivity index (χ1) is 5.36. The van der Waals surface area contributed by atoms with Crippen LogP contribution in [0.1, 0.15) is 30.7 Å². The lowest BCUT2D eigenvalue weighted by Crippen LogP contribution is -2.14. The number of rotatable bonds is 1. The molecule has 3 nitrogen and oxygen atoms in total. The maximum atomic E-state index is 10.8. The van der Waals surface area contributed by atoms with Gasteiger partial charge >= 0.3 is 0 Å². The van der Waals surface area contributed by atoms with Crippen LogP contribution in [-0.4, -0.2) is 10.2 Å². The molecule has 2 rings (SSSR count). The van der Waals surface area contributed by atoms with E-state index in [0.717, 1.165) is 5.56 Å². The Kier molecular flexibility index (Phi) is 1.49. The van der Waals surface area contributed by atoms with E-state index in [0.29, 0.717) is 5.92 Å². The van der Waals surface area contributed by atoms with E-state index in [1.165, 1.54) is 19.3 Å². The van der Waals surface area contributed by atoms with Crippen LogP contribution < -0.4 is 5.56 Å². The van der Waals surface area contributed by atoms with Gasteiger partial charge in [0.2, 0.25) is 0 Å². The fraction of sp³-hybridized carbons (Fsp3) is 0.500. The van der Waals surface area contributed by atoms with Crippen molar-refractivity contribution < 1.29 is 0 Å². The Labute approximate surface area is 64.5 Å². The van der Waals surface area contributed by atoms with E-state index >= 15 is 0 Å². The number of hydrogen-bond donors (Lipinski definition) is 1. The average molecular weight is 150 g/mol. The van der Waals surface area contributed by atoms with Gasteiger partial charge in [-0.25, -0.2) is 5.10 Å². The molecule has 0 saturated heterocycles. The third kappa shape index (κ3) is 1.18. The number of hydrogen-bond acceptors (Lipinski definition) is 2. The van der Waals surface area contributed by atoms with Crippen LogP contribution in [0.2, 0.25) is 0 Å². The van der Waals surface area contributed by atoms with Crippen molar-refractivity contribution in [1.29, 1.82) is 0 Å². The predicted octanol–water partition coefficient (Wildman–Crippen LogP) is 1.04. The first-order valence-corrected chi connectivity index (χ1v) is 3.91. The lowest BCUT2D eigenvalue weighted by atomic mass is 9.81. The lowest BCUT2D eigenvalue weighted by Gasteiger charge is -2.24. The van der Waals surface area contributed by atoms with Crippen molar-refractivity contribution in [2.24, 2.45) is 0 Å². The van der Waals surface area contributed by atoms with Crippen molar-refractivity contribution in [3.05, 3.63) is 28.2 Å². The summed E-state index contributed by atoms with van der Waals surface area (Å²) in [6, 6.07) is 1.65. The second-order valence-corrected chi connectivity index (χ2v) is 3.01. The second-order valence-electron chi connectivity index (χ2n) is 3.01. The van der Waals surface area contributed by atoms with Gasteiger partial charge in [-0.05, 0) is 24.3 Å². The summed E-state index contributed by atoms with van der Waals surface area (Å²) >= 11 is 0. The molecule has 1 fully saturated rings. The van der Waals surface area contributed by atoms with Gasteiger partial charge in [-0.1, -0.05) is 6.42 Å². The summed E-state index contributed by atoms with van der Waals surface area (Å²) in [5.41, 5.74) is 1.01. The molecule has 0 bridgehead atoms. The van der Waals surface area contributed by atoms with Crippen LogP contribution in [0.4, 0.5) is 0 Å². The minimum atomic E-state index is -0.0885. The highest BCUT2D eigenvalue weighted by Gasteiger charge is 2.19. The van der Waals surface area contributed by atoms with Gasteiger partial charge in [-0.15, -0.1) is 0 Å². The number of aromatic nitrogens is 2. The largest absolute Gasteiger partial charge is 0.268 e. The molecule has 0 atom stereocenters. The number of nitrogens with zero attached hydrogens (tertiary/aromatic N) is 1. The second kappa shape index (κ2) is 2.49. The Morgan fingerprint density at radius 2 is 2.36 bits per heavy atom. The van der Waals surface area contributed by atoms with Crippen molar-refractivity contribution in [3.63, 3.8) is 0 Å². The maximum Gasteiger partial charge on any atom is 0.264 e. The first kappa shape index (κ1) is 6.58. The normalized spacial score (nSPS) is 17.8. The SMILES string of the molecule is O=c1cc(C2CCC2)cn[nH]1. The minimum absolute atomic E-state index is 0.0885. The Bertz CT molecular complexity index is 301. The molecule has 0 aromatic carbocycles. The summed E-state index contributed by atoms with van der Waals surface area (Å²) in [5, 5.41) is 6.12. The Balaban J connectivity index is 2.30. The fourth-order valence-electron chi connectivity index (χ4n) is 1.36.